The first-order chi connectivity index (χ1) is 8.65. The highest BCUT2D eigenvalue weighted by molar-refractivity contribution is 9.10. The van der Waals surface area contributed by atoms with Crippen LogP contribution in [0.25, 0.3) is 0 Å². The van der Waals surface area contributed by atoms with Gasteiger partial charge in [0, 0.05) is 29.6 Å². The Kier molecular flexibility index (Phi) is 4.82. The summed E-state index contributed by atoms with van der Waals surface area (Å²) in [6.45, 7) is 4.20. The van der Waals surface area contributed by atoms with E-state index in [1.165, 1.54) is 28.4 Å². The minimum absolute atomic E-state index is 0.136. The van der Waals surface area contributed by atoms with Crippen molar-refractivity contribution in [3.05, 3.63) is 33.8 Å². The summed E-state index contributed by atoms with van der Waals surface area (Å²) in [5.41, 5.74) is 2.69. The summed E-state index contributed by atoms with van der Waals surface area (Å²) in [6, 6.07) is 6.44. The van der Waals surface area contributed by atoms with Crippen molar-refractivity contribution >= 4 is 15.9 Å². The van der Waals surface area contributed by atoms with Gasteiger partial charge in [-0.1, -0.05) is 40.9 Å². The number of aryl methyl sites for hydroxylation is 1. The van der Waals surface area contributed by atoms with Crippen LogP contribution in [-0.4, -0.2) is 18.3 Å². The quantitative estimate of drug-likeness (QED) is 0.873. The lowest BCUT2D eigenvalue weighted by molar-refractivity contribution is 0.128. The Labute approximate surface area is 118 Å². The van der Waals surface area contributed by atoms with Crippen molar-refractivity contribution in [3.63, 3.8) is 0 Å². The predicted molar refractivity (Wildman–Crippen MR) is 78.6 cm³/mol. The molecular weight excluding hydrogens is 290 g/mol. The highest BCUT2D eigenvalue weighted by Crippen LogP contribution is 2.37. The molecule has 2 nitrogen and oxygen atoms in total. The van der Waals surface area contributed by atoms with Crippen LogP contribution < -0.4 is 5.32 Å². The lowest BCUT2D eigenvalue weighted by Gasteiger charge is -2.26. The van der Waals surface area contributed by atoms with Gasteiger partial charge in [-0.2, -0.15) is 0 Å². The molecule has 1 aliphatic carbocycles. The zero-order valence-electron chi connectivity index (χ0n) is 11.0. The fourth-order valence-corrected chi connectivity index (χ4v) is 3.41. The SMILES string of the molecule is Cc1ccc(CNCC2(CO)CCCC2)c(Br)c1. The maximum absolute atomic E-state index is 9.56. The molecule has 0 radical (unpaired) electrons. The number of benzene rings is 1. The molecule has 1 aromatic rings. The molecule has 0 amide bonds. The van der Waals surface area contributed by atoms with Crippen LogP contribution in [0.15, 0.2) is 22.7 Å². The average molecular weight is 312 g/mol. The minimum atomic E-state index is 0.136. The third kappa shape index (κ3) is 3.34. The number of hydrogen-bond donors (Lipinski definition) is 2. The van der Waals surface area contributed by atoms with Crippen LogP contribution in [0, 0.1) is 12.3 Å². The van der Waals surface area contributed by atoms with E-state index in [1.54, 1.807) is 0 Å². The maximum atomic E-state index is 9.56. The van der Waals surface area contributed by atoms with E-state index in [0.717, 1.165) is 25.9 Å². The van der Waals surface area contributed by atoms with Crippen LogP contribution in [0.1, 0.15) is 36.8 Å². The first-order valence-corrected chi connectivity index (χ1v) is 7.51. The van der Waals surface area contributed by atoms with Crippen molar-refractivity contribution in [3.8, 4) is 0 Å². The molecule has 18 heavy (non-hydrogen) atoms. The molecule has 1 aliphatic rings. The average Bonchev–Trinajstić information content (AvgIpc) is 2.81. The van der Waals surface area contributed by atoms with Gasteiger partial charge in [0.1, 0.15) is 0 Å². The largest absolute Gasteiger partial charge is 0.396 e. The van der Waals surface area contributed by atoms with Crippen molar-refractivity contribution in [1.82, 2.24) is 5.32 Å². The monoisotopic (exact) mass is 311 g/mol. The van der Waals surface area contributed by atoms with E-state index in [1.807, 2.05) is 0 Å². The smallest absolute Gasteiger partial charge is 0.0499 e. The van der Waals surface area contributed by atoms with E-state index in [2.05, 4.69) is 46.4 Å². The summed E-state index contributed by atoms with van der Waals surface area (Å²) in [4.78, 5) is 0. The van der Waals surface area contributed by atoms with Gasteiger partial charge < -0.3 is 10.4 Å². The van der Waals surface area contributed by atoms with E-state index in [9.17, 15) is 5.11 Å². The van der Waals surface area contributed by atoms with E-state index in [-0.39, 0.29) is 5.41 Å². The van der Waals surface area contributed by atoms with Crippen molar-refractivity contribution in [2.75, 3.05) is 13.2 Å². The van der Waals surface area contributed by atoms with Gasteiger partial charge in [0.25, 0.3) is 0 Å². The lowest BCUT2D eigenvalue weighted by atomic mass is 9.87. The van der Waals surface area contributed by atoms with E-state index >= 15 is 0 Å². The second-order valence-corrected chi connectivity index (χ2v) is 6.42. The summed E-state index contributed by atoms with van der Waals surface area (Å²) in [5, 5.41) is 13.1. The highest BCUT2D eigenvalue weighted by Gasteiger charge is 2.32. The summed E-state index contributed by atoms with van der Waals surface area (Å²) < 4.78 is 1.17. The van der Waals surface area contributed by atoms with Crippen molar-refractivity contribution < 1.29 is 5.11 Å². The van der Waals surface area contributed by atoms with Crippen LogP contribution in [0.3, 0.4) is 0 Å². The third-order valence-corrected chi connectivity index (χ3v) is 4.76. The van der Waals surface area contributed by atoms with Gasteiger partial charge in [0.15, 0.2) is 0 Å². The molecule has 2 N–H and O–H groups in total. The highest BCUT2D eigenvalue weighted by atomic mass is 79.9. The number of rotatable bonds is 5. The third-order valence-electron chi connectivity index (χ3n) is 4.02. The topological polar surface area (TPSA) is 32.3 Å². The van der Waals surface area contributed by atoms with E-state index < -0.39 is 0 Å². The molecule has 0 heterocycles. The molecule has 1 aromatic carbocycles. The molecule has 0 spiro atoms. The number of aliphatic hydroxyl groups excluding tert-OH is 1. The van der Waals surface area contributed by atoms with E-state index in [0.29, 0.717) is 6.61 Å². The second kappa shape index (κ2) is 6.18. The molecule has 0 atom stereocenters. The summed E-state index contributed by atoms with van der Waals surface area (Å²) in [7, 11) is 0. The molecule has 2 rings (SSSR count). The van der Waals surface area contributed by atoms with Crippen LogP contribution in [0.5, 0.6) is 0 Å². The van der Waals surface area contributed by atoms with Gasteiger partial charge in [0.05, 0.1) is 0 Å². The van der Waals surface area contributed by atoms with Gasteiger partial charge in [-0.05, 0) is 37.0 Å². The summed E-state index contributed by atoms with van der Waals surface area (Å²) in [5.74, 6) is 0. The van der Waals surface area contributed by atoms with Gasteiger partial charge in [-0.25, -0.2) is 0 Å². The maximum Gasteiger partial charge on any atom is 0.0499 e. The Bertz CT molecular complexity index is 399. The van der Waals surface area contributed by atoms with Gasteiger partial charge in [-0.15, -0.1) is 0 Å². The normalized spacial score (nSPS) is 18.2. The molecule has 1 saturated carbocycles. The Hall–Kier alpha value is -0.380. The fourth-order valence-electron chi connectivity index (χ4n) is 2.77. The first-order valence-electron chi connectivity index (χ1n) is 6.72. The molecule has 0 unspecified atom stereocenters. The van der Waals surface area contributed by atoms with Gasteiger partial charge in [0.2, 0.25) is 0 Å². The molecule has 0 aromatic heterocycles. The number of nitrogens with one attached hydrogen (secondary N) is 1. The lowest BCUT2D eigenvalue weighted by Crippen LogP contribution is -2.34. The number of halogens is 1. The second-order valence-electron chi connectivity index (χ2n) is 5.56. The van der Waals surface area contributed by atoms with Crippen LogP contribution in [0.4, 0.5) is 0 Å². The van der Waals surface area contributed by atoms with Crippen LogP contribution >= 0.6 is 15.9 Å². The number of aliphatic hydroxyl groups is 1. The molecule has 100 valence electrons. The number of hydrogen-bond acceptors (Lipinski definition) is 2. The summed E-state index contributed by atoms with van der Waals surface area (Å²) in [6.07, 6.45) is 4.84. The minimum Gasteiger partial charge on any atom is -0.396 e. The fraction of sp³-hybridized carbons (Fsp3) is 0.600. The standard InChI is InChI=1S/C15H22BrNO/c1-12-4-5-13(14(16)8-12)9-17-10-15(11-18)6-2-3-7-15/h4-5,8,17-18H,2-3,6-7,9-11H2,1H3. The van der Waals surface area contributed by atoms with Crippen LogP contribution in [0.2, 0.25) is 0 Å². The zero-order chi connectivity index (χ0) is 13.0. The Morgan fingerprint density at radius 1 is 1.33 bits per heavy atom. The van der Waals surface area contributed by atoms with Gasteiger partial charge >= 0.3 is 0 Å². The summed E-state index contributed by atoms with van der Waals surface area (Å²) >= 11 is 3.60. The zero-order valence-corrected chi connectivity index (χ0v) is 12.6. The Morgan fingerprint density at radius 2 is 2.06 bits per heavy atom. The molecule has 3 heteroatoms. The van der Waals surface area contributed by atoms with Crippen molar-refractivity contribution in [2.24, 2.45) is 5.41 Å². The Morgan fingerprint density at radius 3 is 2.67 bits per heavy atom. The molecular formula is C15H22BrNO. The molecule has 1 fully saturated rings. The van der Waals surface area contributed by atoms with Gasteiger partial charge in [-0.3, -0.25) is 0 Å². The van der Waals surface area contributed by atoms with Crippen molar-refractivity contribution in [2.45, 2.75) is 39.2 Å². The predicted octanol–water partition coefficient (Wildman–Crippen LogP) is 3.40. The van der Waals surface area contributed by atoms with E-state index in [4.69, 9.17) is 0 Å². The van der Waals surface area contributed by atoms with Crippen LogP contribution in [-0.2, 0) is 6.54 Å². The molecule has 0 bridgehead atoms. The molecule has 0 saturated heterocycles. The Balaban J connectivity index is 1.88. The van der Waals surface area contributed by atoms with Crippen molar-refractivity contribution in [1.29, 1.82) is 0 Å². The first kappa shape index (κ1) is 14.0. The molecule has 0 aliphatic heterocycles.